The fourth-order valence-corrected chi connectivity index (χ4v) is 3.74. The van der Waals surface area contributed by atoms with Crippen LogP contribution in [0.25, 0.3) is 0 Å². The van der Waals surface area contributed by atoms with E-state index in [2.05, 4.69) is 0 Å². The lowest BCUT2D eigenvalue weighted by atomic mass is 9.90. The molecular weight excluding hydrogens is 258 g/mol. The van der Waals surface area contributed by atoms with Gasteiger partial charge in [-0.15, -0.1) is 0 Å². The van der Waals surface area contributed by atoms with Crippen LogP contribution in [0.2, 0.25) is 0 Å². The fourth-order valence-electron chi connectivity index (χ4n) is 3.74. The summed E-state index contributed by atoms with van der Waals surface area (Å²) in [5.74, 6) is -0.652. The number of piperidine rings is 1. The van der Waals surface area contributed by atoms with Gasteiger partial charge in [0.05, 0.1) is 18.4 Å². The number of nitrogens with zero attached hydrogens (tertiary/aromatic N) is 1. The number of rotatable bonds is 3. The molecule has 2 saturated heterocycles. The molecular formula is C15H23NO4. The van der Waals surface area contributed by atoms with Gasteiger partial charge in [-0.3, -0.25) is 9.59 Å². The summed E-state index contributed by atoms with van der Waals surface area (Å²) in [5, 5.41) is 9.07. The maximum Gasteiger partial charge on any atom is 0.307 e. The van der Waals surface area contributed by atoms with Gasteiger partial charge < -0.3 is 14.7 Å². The Hall–Kier alpha value is -1.10. The number of amides is 1. The van der Waals surface area contributed by atoms with Crippen molar-refractivity contribution >= 4 is 11.9 Å². The van der Waals surface area contributed by atoms with Gasteiger partial charge >= 0.3 is 5.97 Å². The zero-order valence-electron chi connectivity index (χ0n) is 11.8. The van der Waals surface area contributed by atoms with Gasteiger partial charge in [-0.25, -0.2) is 0 Å². The minimum absolute atomic E-state index is 0.00392. The topological polar surface area (TPSA) is 66.8 Å². The number of carbonyl (C=O) groups excluding carboxylic acids is 1. The second kappa shape index (κ2) is 5.35. The standard InChI is InChI=1S/C15H23NO4/c17-13(9-11-3-1-2-8-20-11)16-6-4-15(5-7-16)10-12(15)14(18)19/h11-12H,1-10H2,(H,18,19). The Bertz CT molecular complexity index is 395. The summed E-state index contributed by atoms with van der Waals surface area (Å²) in [6.07, 6.45) is 6.34. The van der Waals surface area contributed by atoms with E-state index in [-0.39, 0.29) is 23.3 Å². The third-order valence-corrected chi connectivity index (χ3v) is 5.28. The second-order valence-electron chi connectivity index (χ2n) is 6.53. The van der Waals surface area contributed by atoms with Crippen LogP contribution >= 0.6 is 0 Å². The van der Waals surface area contributed by atoms with E-state index in [4.69, 9.17) is 9.84 Å². The van der Waals surface area contributed by atoms with Crippen LogP contribution in [-0.4, -0.2) is 47.7 Å². The summed E-state index contributed by atoms with van der Waals surface area (Å²) in [6.45, 7) is 2.21. The SMILES string of the molecule is O=C(O)C1CC12CCN(C(=O)CC1CCCCO1)CC2. The molecule has 3 aliphatic rings. The predicted octanol–water partition coefficient (Wildman–Crippen LogP) is 1.66. The first kappa shape index (κ1) is 13.9. The molecule has 5 heteroatoms. The van der Waals surface area contributed by atoms with Gasteiger partial charge in [-0.05, 0) is 43.9 Å². The van der Waals surface area contributed by atoms with Gasteiger partial charge in [-0.1, -0.05) is 0 Å². The van der Waals surface area contributed by atoms with Crippen molar-refractivity contribution in [2.75, 3.05) is 19.7 Å². The van der Waals surface area contributed by atoms with Crippen LogP contribution in [0.5, 0.6) is 0 Å². The van der Waals surface area contributed by atoms with Crippen molar-refractivity contribution in [1.29, 1.82) is 0 Å². The number of aliphatic carboxylic acids is 1. The molecule has 3 rings (SSSR count). The van der Waals surface area contributed by atoms with Crippen molar-refractivity contribution in [3.8, 4) is 0 Å². The fraction of sp³-hybridized carbons (Fsp3) is 0.867. The van der Waals surface area contributed by atoms with Gasteiger partial charge in [0.1, 0.15) is 0 Å². The Morgan fingerprint density at radius 2 is 2.00 bits per heavy atom. The molecule has 5 nitrogen and oxygen atoms in total. The zero-order chi connectivity index (χ0) is 14.2. The minimum atomic E-state index is -0.666. The zero-order valence-corrected chi connectivity index (χ0v) is 11.8. The minimum Gasteiger partial charge on any atom is -0.481 e. The third-order valence-electron chi connectivity index (χ3n) is 5.28. The maximum atomic E-state index is 12.2. The molecule has 2 atom stereocenters. The van der Waals surface area contributed by atoms with Crippen LogP contribution < -0.4 is 0 Å². The molecule has 2 heterocycles. The molecule has 20 heavy (non-hydrogen) atoms. The molecule has 3 fully saturated rings. The molecule has 1 saturated carbocycles. The summed E-state index contributed by atoms with van der Waals surface area (Å²) in [7, 11) is 0. The number of hydrogen-bond acceptors (Lipinski definition) is 3. The molecule has 0 aromatic heterocycles. The summed E-state index contributed by atoms with van der Waals surface area (Å²) in [5.41, 5.74) is 0.00392. The Morgan fingerprint density at radius 3 is 2.55 bits per heavy atom. The number of carboxylic acid groups (broad SMARTS) is 1. The summed E-state index contributed by atoms with van der Waals surface area (Å²) in [6, 6.07) is 0. The van der Waals surface area contributed by atoms with E-state index < -0.39 is 5.97 Å². The lowest BCUT2D eigenvalue weighted by Gasteiger charge is -2.34. The summed E-state index contributed by atoms with van der Waals surface area (Å²) >= 11 is 0. The van der Waals surface area contributed by atoms with Crippen LogP contribution in [0.1, 0.15) is 44.9 Å². The van der Waals surface area contributed by atoms with Crippen molar-refractivity contribution in [1.82, 2.24) is 4.90 Å². The highest BCUT2D eigenvalue weighted by atomic mass is 16.5. The number of hydrogen-bond donors (Lipinski definition) is 1. The van der Waals surface area contributed by atoms with E-state index in [1.165, 1.54) is 0 Å². The number of ether oxygens (including phenoxy) is 1. The van der Waals surface area contributed by atoms with Crippen LogP contribution in [0.4, 0.5) is 0 Å². The molecule has 1 amide bonds. The van der Waals surface area contributed by atoms with Gasteiger partial charge in [0, 0.05) is 19.7 Å². The average molecular weight is 281 g/mol. The van der Waals surface area contributed by atoms with Crippen LogP contribution in [0, 0.1) is 11.3 Å². The summed E-state index contributed by atoms with van der Waals surface area (Å²) in [4.78, 5) is 25.2. The highest BCUT2D eigenvalue weighted by molar-refractivity contribution is 5.77. The van der Waals surface area contributed by atoms with Crippen molar-refractivity contribution in [2.24, 2.45) is 11.3 Å². The first-order valence-corrected chi connectivity index (χ1v) is 7.73. The average Bonchev–Trinajstić information content (AvgIpc) is 3.15. The molecule has 1 aliphatic carbocycles. The number of carboxylic acids is 1. The number of likely N-dealkylation sites (tertiary alicyclic amines) is 1. The summed E-state index contributed by atoms with van der Waals surface area (Å²) < 4.78 is 5.62. The van der Waals surface area contributed by atoms with Crippen LogP contribution in [0.15, 0.2) is 0 Å². The molecule has 2 aliphatic heterocycles. The largest absolute Gasteiger partial charge is 0.481 e. The Labute approximate surface area is 119 Å². The van der Waals surface area contributed by atoms with E-state index in [1.54, 1.807) is 0 Å². The van der Waals surface area contributed by atoms with Crippen molar-refractivity contribution in [3.63, 3.8) is 0 Å². The van der Waals surface area contributed by atoms with E-state index in [0.29, 0.717) is 6.42 Å². The predicted molar refractivity (Wildman–Crippen MR) is 72.2 cm³/mol. The quantitative estimate of drug-likeness (QED) is 0.854. The Morgan fingerprint density at radius 1 is 1.25 bits per heavy atom. The third kappa shape index (κ3) is 2.68. The smallest absolute Gasteiger partial charge is 0.307 e. The van der Waals surface area contributed by atoms with E-state index in [9.17, 15) is 9.59 Å². The maximum absolute atomic E-state index is 12.2. The van der Waals surface area contributed by atoms with Gasteiger partial charge in [0.25, 0.3) is 0 Å². The second-order valence-corrected chi connectivity index (χ2v) is 6.53. The number of carbonyl (C=O) groups is 2. The molecule has 1 N–H and O–H groups in total. The van der Waals surface area contributed by atoms with Crippen LogP contribution in [-0.2, 0) is 14.3 Å². The van der Waals surface area contributed by atoms with Gasteiger partial charge in [0.2, 0.25) is 5.91 Å². The monoisotopic (exact) mass is 281 g/mol. The van der Waals surface area contributed by atoms with E-state index in [1.807, 2.05) is 4.90 Å². The molecule has 2 unspecified atom stereocenters. The van der Waals surface area contributed by atoms with Crippen molar-refractivity contribution in [2.45, 2.75) is 51.0 Å². The molecule has 0 radical (unpaired) electrons. The molecule has 0 bridgehead atoms. The first-order chi connectivity index (χ1) is 9.61. The Balaban J connectivity index is 1.46. The van der Waals surface area contributed by atoms with E-state index in [0.717, 1.165) is 58.2 Å². The Kier molecular flexibility index (Phi) is 3.71. The van der Waals surface area contributed by atoms with Gasteiger partial charge in [-0.2, -0.15) is 0 Å². The van der Waals surface area contributed by atoms with Crippen molar-refractivity contribution in [3.05, 3.63) is 0 Å². The highest BCUT2D eigenvalue weighted by Gasteiger charge is 2.59. The molecule has 0 aromatic carbocycles. The highest BCUT2D eigenvalue weighted by Crippen LogP contribution is 2.59. The van der Waals surface area contributed by atoms with Crippen LogP contribution in [0.3, 0.4) is 0 Å². The molecule has 0 aromatic rings. The lowest BCUT2D eigenvalue weighted by Crippen LogP contribution is -2.41. The normalized spacial score (nSPS) is 32.1. The molecule has 1 spiro atoms. The van der Waals surface area contributed by atoms with Gasteiger partial charge in [0.15, 0.2) is 0 Å². The van der Waals surface area contributed by atoms with E-state index >= 15 is 0 Å². The van der Waals surface area contributed by atoms with Crippen molar-refractivity contribution < 1.29 is 19.4 Å². The molecule has 112 valence electrons. The lowest BCUT2D eigenvalue weighted by molar-refractivity contribution is -0.140. The first-order valence-electron chi connectivity index (χ1n) is 7.73.